The molecule has 1 aliphatic carbocycles. The van der Waals surface area contributed by atoms with E-state index in [0.29, 0.717) is 10.9 Å². The van der Waals surface area contributed by atoms with E-state index >= 15 is 0 Å². The van der Waals surface area contributed by atoms with E-state index in [0.717, 1.165) is 26.7 Å². The summed E-state index contributed by atoms with van der Waals surface area (Å²) in [6.07, 6.45) is -0.713. The Morgan fingerprint density at radius 2 is 1.65 bits per heavy atom. The molecule has 1 amide bonds. The summed E-state index contributed by atoms with van der Waals surface area (Å²) in [6, 6.07) is 21.4. The van der Waals surface area contributed by atoms with Gasteiger partial charge in [-0.05, 0) is 40.5 Å². The molecule has 154 valence electrons. The average molecular weight is 477 g/mol. The van der Waals surface area contributed by atoms with Crippen LogP contribution in [0.3, 0.4) is 0 Å². The molecule has 5 rings (SSSR count). The van der Waals surface area contributed by atoms with Crippen molar-refractivity contribution in [1.82, 2.24) is 4.98 Å². The van der Waals surface area contributed by atoms with Crippen LogP contribution in [0.1, 0.15) is 27.4 Å². The highest BCUT2D eigenvalue weighted by Gasteiger charge is 2.29. The van der Waals surface area contributed by atoms with Gasteiger partial charge in [-0.2, -0.15) is 0 Å². The third-order valence-electron chi connectivity index (χ3n) is 5.55. The number of carbonyl (C=O) groups excluding carboxylic acids is 1. The number of rotatable bonds is 4. The number of hydrogen-bond acceptors (Lipinski definition) is 3. The Bertz CT molecular complexity index is 1300. The van der Waals surface area contributed by atoms with Crippen LogP contribution in [-0.2, 0) is 4.74 Å². The van der Waals surface area contributed by atoms with Crippen molar-refractivity contribution in [1.29, 1.82) is 0 Å². The minimum atomic E-state index is -1.14. The van der Waals surface area contributed by atoms with Gasteiger partial charge in [0.15, 0.2) is 0 Å². The number of carboxylic acids is 1. The Morgan fingerprint density at radius 3 is 2.29 bits per heavy atom. The molecule has 1 heterocycles. The lowest BCUT2D eigenvalue weighted by Crippen LogP contribution is -2.19. The molecule has 6 nitrogen and oxygen atoms in total. The van der Waals surface area contributed by atoms with E-state index in [4.69, 9.17) is 4.74 Å². The number of anilines is 1. The van der Waals surface area contributed by atoms with Gasteiger partial charge in [-0.25, -0.2) is 9.59 Å². The minimum absolute atomic E-state index is 0.00944. The first-order valence-corrected chi connectivity index (χ1v) is 10.5. The lowest BCUT2D eigenvalue weighted by molar-refractivity contribution is 0.0700. The molecule has 0 fully saturated rings. The fraction of sp³-hybridized carbons (Fsp3) is 0.0833. The fourth-order valence-corrected chi connectivity index (χ4v) is 4.58. The molecule has 0 bridgehead atoms. The Morgan fingerprint density at radius 1 is 1.00 bits per heavy atom. The Hall–Kier alpha value is -3.58. The largest absolute Gasteiger partial charge is 0.478 e. The molecule has 3 aromatic carbocycles. The van der Waals surface area contributed by atoms with Crippen LogP contribution in [0.4, 0.5) is 10.6 Å². The minimum Gasteiger partial charge on any atom is -0.478 e. The number of carboxylic acid groups (broad SMARTS) is 1. The van der Waals surface area contributed by atoms with Crippen molar-refractivity contribution >= 4 is 44.7 Å². The lowest BCUT2D eigenvalue weighted by Gasteiger charge is -2.14. The first kappa shape index (κ1) is 19.4. The summed E-state index contributed by atoms with van der Waals surface area (Å²) in [6.45, 7) is 0.147. The summed E-state index contributed by atoms with van der Waals surface area (Å²) < 4.78 is 6.27. The predicted octanol–water partition coefficient (Wildman–Crippen LogP) is 5.99. The molecule has 3 N–H and O–H groups in total. The normalized spacial score (nSPS) is 12.4. The van der Waals surface area contributed by atoms with Crippen molar-refractivity contribution in [2.45, 2.75) is 5.92 Å². The Labute approximate surface area is 186 Å². The molecule has 0 unspecified atom stereocenters. The van der Waals surface area contributed by atoms with Gasteiger partial charge < -0.3 is 14.8 Å². The average Bonchev–Trinajstić information content (AvgIpc) is 3.27. The maximum absolute atomic E-state index is 12.6. The molecule has 4 aromatic rings. The van der Waals surface area contributed by atoms with Gasteiger partial charge in [0.2, 0.25) is 0 Å². The number of benzene rings is 3. The van der Waals surface area contributed by atoms with Gasteiger partial charge in [-0.1, -0.05) is 64.5 Å². The number of aromatic nitrogens is 1. The van der Waals surface area contributed by atoms with Crippen molar-refractivity contribution in [3.63, 3.8) is 0 Å². The SMILES string of the molecule is O=C(Nc1[nH]c2ccc(Br)cc2c1C(=O)O)OCC1c2ccccc2-c2ccccc21. The molecule has 7 heteroatoms. The predicted molar refractivity (Wildman–Crippen MR) is 122 cm³/mol. The number of H-pyrrole nitrogens is 1. The highest BCUT2D eigenvalue weighted by Crippen LogP contribution is 2.44. The van der Waals surface area contributed by atoms with Crippen LogP contribution in [0.5, 0.6) is 0 Å². The van der Waals surface area contributed by atoms with Crippen LogP contribution >= 0.6 is 15.9 Å². The second kappa shape index (κ2) is 7.59. The van der Waals surface area contributed by atoms with Gasteiger partial charge in [0.25, 0.3) is 0 Å². The first-order chi connectivity index (χ1) is 15.0. The van der Waals surface area contributed by atoms with Crippen molar-refractivity contribution in [3.05, 3.63) is 87.9 Å². The number of aromatic amines is 1. The van der Waals surface area contributed by atoms with E-state index in [1.54, 1.807) is 18.2 Å². The van der Waals surface area contributed by atoms with Gasteiger partial charge in [-0.3, -0.25) is 5.32 Å². The number of ether oxygens (including phenoxy) is 1. The van der Waals surface area contributed by atoms with Crippen molar-refractivity contribution in [3.8, 4) is 11.1 Å². The number of aromatic carboxylic acids is 1. The zero-order valence-corrected chi connectivity index (χ0v) is 17.8. The molecule has 0 radical (unpaired) electrons. The third kappa shape index (κ3) is 3.37. The second-order valence-corrected chi connectivity index (χ2v) is 8.24. The van der Waals surface area contributed by atoms with E-state index in [-0.39, 0.29) is 23.9 Å². The van der Waals surface area contributed by atoms with E-state index in [1.807, 2.05) is 36.4 Å². The number of carbonyl (C=O) groups is 2. The fourth-order valence-electron chi connectivity index (χ4n) is 4.22. The van der Waals surface area contributed by atoms with Gasteiger partial charge in [0.1, 0.15) is 18.0 Å². The molecule has 31 heavy (non-hydrogen) atoms. The highest BCUT2D eigenvalue weighted by atomic mass is 79.9. The molecule has 0 saturated carbocycles. The maximum atomic E-state index is 12.6. The Balaban J connectivity index is 1.38. The summed E-state index contributed by atoms with van der Waals surface area (Å²) in [5.41, 5.74) is 5.10. The topological polar surface area (TPSA) is 91.4 Å². The monoisotopic (exact) mass is 476 g/mol. The zero-order valence-electron chi connectivity index (χ0n) is 16.2. The van der Waals surface area contributed by atoms with Crippen molar-refractivity contribution < 1.29 is 19.4 Å². The van der Waals surface area contributed by atoms with Crippen LogP contribution in [0.2, 0.25) is 0 Å². The second-order valence-electron chi connectivity index (χ2n) is 7.32. The highest BCUT2D eigenvalue weighted by molar-refractivity contribution is 9.10. The lowest BCUT2D eigenvalue weighted by atomic mass is 9.98. The summed E-state index contributed by atoms with van der Waals surface area (Å²) in [4.78, 5) is 27.3. The number of hydrogen-bond donors (Lipinski definition) is 3. The summed E-state index contributed by atoms with van der Waals surface area (Å²) in [5.74, 6) is -1.12. The summed E-state index contributed by atoms with van der Waals surface area (Å²) >= 11 is 3.35. The van der Waals surface area contributed by atoms with Gasteiger partial charge in [0, 0.05) is 21.3 Å². The van der Waals surface area contributed by atoms with Crippen LogP contribution < -0.4 is 5.32 Å². The molecule has 0 spiro atoms. The van der Waals surface area contributed by atoms with E-state index in [1.165, 1.54) is 0 Å². The quantitative estimate of drug-likeness (QED) is 0.337. The van der Waals surface area contributed by atoms with E-state index in [9.17, 15) is 14.7 Å². The zero-order chi connectivity index (χ0) is 21.5. The molecule has 0 saturated heterocycles. The maximum Gasteiger partial charge on any atom is 0.412 e. The Kier molecular flexibility index (Phi) is 4.75. The first-order valence-electron chi connectivity index (χ1n) is 9.69. The van der Waals surface area contributed by atoms with Crippen LogP contribution in [0, 0.1) is 0 Å². The number of nitrogens with one attached hydrogen (secondary N) is 2. The standard InChI is InChI=1S/C24H17BrN2O4/c25-13-9-10-20-18(11-13)21(23(28)29)22(26-20)27-24(30)31-12-19-16-7-3-1-5-14(16)15-6-2-4-8-17(15)19/h1-11,19,26H,12H2,(H,27,30)(H,28,29). The van der Waals surface area contributed by atoms with Gasteiger partial charge in [0.05, 0.1) is 0 Å². The molecular weight excluding hydrogens is 460 g/mol. The van der Waals surface area contributed by atoms with Crippen molar-refractivity contribution in [2.75, 3.05) is 11.9 Å². The number of amides is 1. The van der Waals surface area contributed by atoms with E-state index < -0.39 is 12.1 Å². The smallest absolute Gasteiger partial charge is 0.412 e. The van der Waals surface area contributed by atoms with Gasteiger partial charge >= 0.3 is 12.1 Å². The molecule has 0 atom stereocenters. The molecular formula is C24H17BrN2O4. The molecule has 1 aliphatic rings. The summed E-state index contributed by atoms with van der Waals surface area (Å²) in [5, 5.41) is 12.7. The van der Waals surface area contributed by atoms with Gasteiger partial charge in [-0.15, -0.1) is 0 Å². The number of halogens is 1. The van der Waals surface area contributed by atoms with Crippen LogP contribution in [0.25, 0.3) is 22.0 Å². The molecule has 0 aliphatic heterocycles. The van der Waals surface area contributed by atoms with E-state index in [2.05, 4.69) is 38.4 Å². The van der Waals surface area contributed by atoms with Crippen LogP contribution in [0.15, 0.2) is 71.2 Å². The molecule has 1 aromatic heterocycles. The number of fused-ring (bicyclic) bond motifs is 4. The summed E-state index contributed by atoms with van der Waals surface area (Å²) in [7, 11) is 0. The van der Waals surface area contributed by atoms with Crippen LogP contribution in [-0.4, -0.2) is 28.8 Å². The van der Waals surface area contributed by atoms with Crippen molar-refractivity contribution in [2.24, 2.45) is 0 Å². The third-order valence-corrected chi connectivity index (χ3v) is 6.04.